The third kappa shape index (κ3) is 4.43. The van der Waals surface area contributed by atoms with Crippen LogP contribution < -0.4 is 4.74 Å². The Kier molecular flexibility index (Phi) is 6.67. The number of rotatable bonds is 7. The van der Waals surface area contributed by atoms with Crippen LogP contribution in [0.1, 0.15) is 30.4 Å². The molecule has 1 aliphatic heterocycles. The summed E-state index contributed by atoms with van der Waals surface area (Å²) in [5.41, 5.74) is 1.94. The van der Waals surface area contributed by atoms with E-state index < -0.39 is 17.7 Å². The lowest BCUT2D eigenvalue weighted by molar-refractivity contribution is -0.139. The molecule has 5 nitrogen and oxygen atoms in total. The molecule has 0 saturated carbocycles. The molecule has 6 heteroatoms. The van der Waals surface area contributed by atoms with Crippen LogP contribution in [0.3, 0.4) is 0 Å². The number of amides is 1. The molecule has 0 fully saturated rings. The zero-order chi connectivity index (χ0) is 21.7. The van der Waals surface area contributed by atoms with Gasteiger partial charge in [-0.15, -0.1) is 0 Å². The first-order valence-corrected chi connectivity index (χ1v) is 9.62. The van der Waals surface area contributed by atoms with Gasteiger partial charge in [-0.05, 0) is 36.2 Å². The van der Waals surface area contributed by atoms with E-state index in [0.29, 0.717) is 17.0 Å². The highest BCUT2D eigenvalue weighted by Gasteiger charge is 2.37. The van der Waals surface area contributed by atoms with E-state index in [0.717, 1.165) is 5.56 Å². The second-order valence-electron chi connectivity index (χ2n) is 6.99. The lowest BCUT2D eigenvalue weighted by atomic mass is 9.83. The molecular formula is C24H24FNO4. The largest absolute Gasteiger partial charge is 0.497 e. The number of hydrogen-bond donors (Lipinski definition) is 0. The third-order valence-electron chi connectivity index (χ3n) is 5.16. The summed E-state index contributed by atoms with van der Waals surface area (Å²) in [6.45, 7) is 5.57. The Labute approximate surface area is 175 Å². The van der Waals surface area contributed by atoms with Crippen molar-refractivity contribution in [3.05, 3.63) is 89.4 Å². The van der Waals surface area contributed by atoms with E-state index in [9.17, 15) is 14.0 Å². The molecule has 0 saturated heterocycles. The lowest BCUT2D eigenvalue weighted by Gasteiger charge is -2.34. The first-order chi connectivity index (χ1) is 14.5. The maximum atomic E-state index is 14.5. The number of carbonyl (C=O) groups excluding carboxylic acids is 2. The molecule has 1 unspecified atom stereocenters. The molecule has 0 aliphatic carbocycles. The summed E-state index contributed by atoms with van der Waals surface area (Å²) < 4.78 is 24.9. The van der Waals surface area contributed by atoms with E-state index in [-0.39, 0.29) is 31.1 Å². The molecule has 0 bridgehead atoms. The second-order valence-corrected chi connectivity index (χ2v) is 6.99. The number of esters is 1. The predicted octanol–water partition coefficient (Wildman–Crippen LogP) is 4.35. The monoisotopic (exact) mass is 409 g/mol. The fourth-order valence-electron chi connectivity index (χ4n) is 3.62. The zero-order valence-electron chi connectivity index (χ0n) is 17.1. The van der Waals surface area contributed by atoms with Crippen molar-refractivity contribution in [2.45, 2.75) is 25.8 Å². The van der Waals surface area contributed by atoms with E-state index in [4.69, 9.17) is 9.47 Å². The van der Waals surface area contributed by atoms with Crippen LogP contribution in [0, 0.1) is 5.82 Å². The molecule has 156 valence electrons. The van der Waals surface area contributed by atoms with E-state index in [1.54, 1.807) is 37.1 Å². The maximum absolute atomic E-state index is 14.5. The van der Waals surface area contributed by atoms with Crippen molar-refractivity contribution >= 4 is 11.9 Å². The minimum absolute atomic E-state index is 0.0209. The average molecular weight is 409 g/mol. The minimum Gasteiger partial charge on any atom is -0.497 e. The number of methoxy groups -OCH3 is 1. The molecule has 0 radical (unpaired) electrons. The van der Waals surface area contributed by atoms with Gasteiger partial charge < -0.3 is 14.4 Å². The molecule has 3 rings (SSSR count). The van der Waals surface area contributed by atoms with Crippen LogP contribution in [0.2, 0.25) is 0 Å². The highest BCUT2D eigenvalue weighted by atomic mass is 19.1. The number of carbonyl (C=O) groups is 2. The Morgan fingerprint density at radius 1 is 1.23 bits per heavy atom. The van der Waals surface area contributed by atoms with Crippen LogP contribution in [0.15, 0.2) is 72.5 Å². The highest BCUT2D eigenvalue weighted by Crippen LogP contribution is 2.38. The summed E-state index contributed by atoms with van der Waals surface area (Å²) in [7, 11) is 1.58. The van der Waals surface area contributed by atoms with Crippen molar-refractivity contribution in [1.29, 1.82) is 0 Å². The van der Waals surface area contributed by atoms with Crippen molar-refractivity contribution in [3.8, 4) is 5.75 Å². The van der Waals surface area contributed by atoms with E-state index in [2.05, 4.69) is 6.58 Å². The third-order valence-corrected chi connectivity index (χ3v) is 5.16. The molecule has 1 atom stereocenters. The van der Waals surface area contributed by atoms with E-state index in [1.165, 1.54) is 12.1 Å². The molecular weight excluding hydrogens is 385 g/mol. The van der Waals surface area contributed by atoms with Crippen LogP contribution in [0.5, 0.6) is 5.75 Å². The topological polar surface area (TPSA) is 55.8 Å². The predicted molar refractivity (Wildman–Crippen MR) is 111 cm³/mol. The van der Waals surface area contributed by atoms with E-state index in [1.807, 2.05) is 24.3 Å². The molecule has 0 N–H and O–H groups in total. The van der Waals surface area contributed by atoms with Gasteiger partial charge in [0.15, 0.2) is 0 Å². The number of benzene rings is 2. The van der Waals surface area contributed by atoms with Crippen LogP contribution >= 0.6 is 0 Å². The minimum atomic E-state index is -0.705. The van der Waals surface area contributed by atoms with Gasteiger partial charge in [0.05, 0.1) is 19.2 Å². The Balaban J connectivity index is 2.01. The van der Waals surface area contributed by atoms with Gasteiger partial charge in [0, 0.05) is 18.0 Å². The summed E-state index contributed by atoms with van der Waals surface area (Å²) in [4.78, 5) is 27.4. The van der Waals surface area contributed by atoms with Gasteiger partial charge in [-0.3, -0.25) is 4.79 Å². The summed E-state index contributed by atoms with van der Waals surface area (Å²) in [6, 6.07) is 13.5. The van der Waals surface area contributed by atoms with Crippen molar-refractivity contribution in [1.82, 2.24) is 4.90 Å². The van der Waals surface area contributed by atoms with Gasteiger partial charge in [0.1, 0.15) is 18.2 Å². The summed E-state index contributed by atoms with van der Waals surface area (Å²) >= 11 is 0. The molecule has 2 aromatic carbocycles. The fourth-order valence-corrected chi connectivity index (χ4v) is 3.62. The quantitative estimate of drug-likeness (QED) is 0.504. The second kappa shape index (κ2) is 9.39. The van der Waals surface area contributed by atoms with E-state index >= 15 is 0 Å². The molecule has 2 aromatic rings. The molecule has 30 heavy (non-hydrogen) atoms. The van der Waals surface area contributed by atoms with Crippen molar-refractivity contribution in [2.24, 2.45) is 0 Å². The van der Waals surface area contributed by atoms with Gasteiger partial charge in [0.2, 0.25) is 5.91 Å². The lowest BCUT2D eigenvalue weighted by Crippen LogP contribution is -2.38. The summed E-state index contributed by atoms with van der Waals surface area (Å²) in [6.07, 6.45) is 1.45. The Morgan fingerprint density at radius 2 is 1.93 bits per heavy atom. The number of ether oxygens (including phenoxy) is 2. The number of nitrogens with zero attached hydrogens (tertiary/aromatic N) is 1. The Hall–Kier alpha value is -3.41. The molecule has 1 amide bonds. The Morgan fingerprint density at radius 3 is 2.57 bits per heavy atom. The summed E-state index contributed by atoms with van der Waals surface area (Å²) in [5, 5.41) is 0. The SMILES string of the molecule is C=CCOC(=O)C1=C(C)N(Cc2ccc(OC)cc2)C(=O)CC1c1ccccc1F. The van der Waals surface area contributed by atoms with Crippen LogP contribution in [-0.2, 0) is 20.9 Å². The normalized spacial score (nSPS) is 16.4. The standard InChI is InChI=1S/C24H24FNO4/c1-4-13-30-24(28)23-16(2)26(15-17-9-11-18(29-3)12-10-17)22(27)14-20(23)19-7-5-6-8-21(19)25/h4-12,20H,1,13-15H2,2-3H3. The molecule has 1 aliphatic rings. The van der Waals surface area contributed by atoms with Gasteiger partial charge in [-0.1, -0.05) is 43.0 Å². The average Bonchev–Trinajstić information content (AvgIpc) is 2.75. The molecule has 0 spiro atoms. The molecule has 0 aromatic heterocycles. The molecule has 1 heterocycles. The van der Waals surface area contributed by atoms with Crippen LogP contribution in [0.25, 0.3) is 0 Å². The van der Waals surface area contributed by atoms with Crippen LogP contribution in [0.4, 0.5) is 4.39 Å². The Bertz CT molecular complexity index is 981. The van der Waals surface area contributed by atoms with Crippen molar-refractivity contribution < 1.29 is 23.5 Å². The van der Waals surface area contributed by atoms with Gasteiger partial charge in [-0.2, -0.15) is 0 Å². The van der Waals surface area contributed by atoms with Crippen LogP contribution in [-0.4, -0.2) is 30.5 Å². The number of halogens is 1. The summed E-state index contributed by atoms with van der Waals surface area (Å²) in [5.74, 6) is -1.21. The first-order valence-electron chi connectivity index (χ1n) is 9.62. The first kappa shape index (κ1) is 21.3. The van der Waals surface area contributed by atoms with Gasteiger partial charge >= 0.3 is 5.97 Å². The van der Waals surface area contributed by atoms with Gasteiger partial charge in [-0.25, -0.2) is 9.18 Å². The smallest absolute Gasteiger partial charge is 0.336 e. The maximum Gasteiger partial charge on any atom is 0.336 e. The zero-order valence-corrected chi connectivity index (χ0v) is 17.1. The highest BCUT2D eigenvalue weighted by molar-refractivity contribution is 5.96. The number of allylic oxidation sites excluding steroid dienone is 1. The number of hydrogen-bond acceptors (Lipinski definition) is 4. The van der Waals surface area contributed by atoms with Gasteiger partial charge in [0.25, 0.3) is 0 Å². The fraction of sp³-hybridized carbons (Fsp3) is 0.250. The van der Waals surface area contributed by atoms with Crippen molar-refractivity contribution in [2.75, 3.05) is 13.7 Å². The van der Waals surface area contributed by atoms with Crippen molar-refractivity contribution in [3.63, 3.8) is 0 Å².